The maximum Gasteiger partial charge on any atom is 0.490 e. The third-order valence-corrected chi connectivity index (χ3v) is 5.20. The molecule has 2 N–H and O–H groups in total. The molecule has 1 amide bonds. The molecule has 11 heteroatoms. The molecule has 30 heavy (non-hydrogen) atoms. The van der Waals surface area contributed by atoms with Gasteiger partial charge in [-0.3, -0.25) is 14.4 Å². The second kappa shape index (κ2) is 9.33. The predicted molar refractivity (Wildman–Crippen MR) is 98.2 cm³/mol. The minimum Gasteiger partial charge on any atom is -0.475 e. The van der Waals surface area contributed by atoms with Gasteiger partial charge in [0.1, 0.15) is 5.76 Å². The number of nitrogens with zero attached hydrogens (tertiary/aromatic N) is 3. The number of carboxylic acids is 1. The number of nitrogens with one attached hydrogen (secondary N) is 1. The number of carbonyl (C=O) groups is 2. The fraction of sp³-hybridized carbons (Fsp3) is 0.526. The number of hydrogen-bond donors (Lipinski definition) is 2. The Bertz CT molecular complexity index is 846. The summed E-state index contributed by atoms with van der Waals surface area (Å²) in [6, 6.07) is 6.57. The number of carboxylic acid groups (broad SMARTS) is 1. The van der Waals surface area contributed by atoms with E-state index < -0.39 is 12.1 Å². The fourth-order valence-corrected chi connectivity index (χ4v) is 3.48. The van der Waals surface area contributed by atoms with E-state index >= 15 is 0 Å². The Kier molecular flexibility index (Phi) is 6.80. The number of amides is 1. The number of alkyl halides is 3. The molecule has 4 rings (SSSR count). The first-order chi connectivity index (χ1) is 14.2. The summed E-state index contributed by atoms with van der Waals surface area (Å²) >= 11 is 0. The molecular weight excluding hydrogens is 405 g/mol. The van der Waals surface area contributed by atoms with Crippen molar-refractivity contribution in [3.05, 3.63) is 42.1 Å². The van der Waals surface area contributed by atoms with Crippen LogP contribution in [0.5, 0.6) is 0 Å². The van der Waals surface area contributed by atoms with Crippen molar-refractivity contribution in [1.29, 1.82) is 0 Å². The first kappa shape index (κ1) is 21.9. The third kappa shape index (κ3) is 5.62. The number of fused-ring (bicyclic) bond motifs is 1. The highest BCUT2D eigenvalue weighted by Crippen LogP contribution is 2.31. The second-order valence-corrected chi connectivity index (χ2v) is 7.30. The van der Waals surface area contributed by atoms with Crippen LogP contribution in [-0.2, 0) is 22.7 Å². The van der Waals surface area contributed by atoms with Crippen molar-refractivity contribution in [2.24, 2.45) is 0 Å². The average Bonchev–Trinajstić information content (AvgIpc) is 3.30. The van der Waals surface area contributed by atoms with Crippen molar-refractivity contribution < 1.29 is 32.3 Å². The quantitative estimate of drug-likeness (QED) is 0.760. The molecule has 2 aromatic rings. The highest BCUT2D eigenvalue weighted by atomic mass is 19.4. The average molecular weight is 428 g/mol. The number of furan rings is 1. The van der Waals surface area contributed by atoms with Crippen molar-refractivity contribution in [2.45, 2.75) is 57.0 Å². The van der Waals surface area contributed by atoms with Crippen molar-refractivity contribution in [3.8, 4) is 0 Å². The van der Waals surface area contributed by atoms with Gasteiger partial charge in [-0.2, -0.15) is 18.3 Å². The van der Waals surface area contributed by atoms with Gasteiger partial charge in [-0.25, -0.2) is 4.79 Å². The lowest BCUT2D eigenvalue weighted by Crippen LogP contribution is -2.47. The van der Waals surface area contributed by atoms with Crippen molar-refractivity contribution in [1.82, 2.24) is 20.0 Å². The van der Waals surface area contributed by atoms with Crippen LogP contribution in [0.15, 0.2) is 35.1 Å². The number of carbonyl (C=O) groups excluding carboxylic acids is 1. The second-order valence-electron chi connectivity index (χ2n) is 7.30. The van der Waals surface area contributed by atoms with E-state index in [0.717, 1.165) is 18.8 Å². The van der Waals surface area contributed by atoms with Gasteiger partial charge in [0.25, 0.3) is 0 Å². The van der Waals surface area contributed by atoms with E-state index in [1.807, 2.05) is 23.0 Å². The molecule has 0 saturated heterocycles. The van der Waals surface area contributed by atoms with E-state index in [9.17, 15) is 18.0 Å². The molecule has 1 aliphatic heterocycles. The van der Waals surface area contributed by atoms with Gasteiger partial charge in [0.2, 0.25) is 5.91 Å². The highest BCUT2D eigenvalue weighted by Gasteiger charge is 2.38. The molecule has 8 nitrogen and oxygen atoms in total. The Labute approximate surface area is 170 Å². The maximum absolute atomic E-state index is 12.3. The summed E-state index contributed by atoms with van der Waals surface area (Å²) in [4.78, 5) is 23.7. The number of halogens is 3. The Hall–Kier alpha value is -2.82. The summed E-state index contributed by atoms with van der Waals surface area (Å²) in [5, 5.41) is 14.5. The number of hydrogen-bond acceptors (Lipinski definition) is 5. The molecule has 1 aliphatic carbocycles. The monoisotopic (exact) mass is 428 g/mol. The predicted octanol–water partition coefficient (Wildman–Crippen LogP) is 2.73. The summed E-state index contributed by atoms with van der Waals surface area (Å²) in [6.07, 6.45) is 2.73. The Morgan fingerprint density at radius 3 is 2.60 bits per heavy atom. The van der Waals surface area contributed by atoms with E-state index in [2.05, 4.69) is 21.4 Å². The highest BCUT2D eigenvalue weighted by molar-refractivity contribution is 5.76. The summed E-state index contributed by atoms with van der Waals surface area (Å²) in [6.45, 7) is 2.31. The molecule has 0 bridgehead atoms. The van der Waals surface area contributed by atoms with Crippen molar-refractivity contribution in [2.75, 3.05) is 6.54 Å². The van der Waals surface area contributed by atoms with Gasteiger partial charge < -0.3 is 14.8 Å². The number of aromatic nitrogens is 2. The summed E-state index contributed by atoms with van der Waals surface area (Å²) in [7, 11) is 0. The summed E-state index contributed by atoms with van der Waals surface area (Å²) in [5.41, 5.74) is 1.21. The molecule has 0 radical (unpaired) electrons. The largest absolute Gasteiger partial charge is 0.490 e. The summed E-state index contributed by atoms with van der Waals surface area (Å²) < 4.78 is 39.0. The minimum atomic E-state index is -5.08. The van der Waals surface area contributed by atoms with Gasteiger partial charge in [0.15, 0.2) is 0 Å². The van der Waals surface area contributed by atoms with Crippen LogP contribution in [0.25, 0.3) is 0 Å². The van der Waals surface area contributed by atoms with Gasteiger partial charge in [-0.1, -0.05) is 6.42 Å². The lowest BCUT2D eigenvalue weighted by molar-refractivity contribution is -0.192. The van der Waals surface area contributed by atoms with Crippen LogP contribution in [0.1, 0.15) is 43.2 Å². The van der Waals surface area contributed by atoms with E-state index in [4.69, 9.17) is 14.3 Å². The van der Waals surface area contributed by atoms with Crippen LogP contribution in [0.3, 0.4) is 0 Å². The fourth-order valence-electron chi connectivity index (χ4n) is 3.48. The molecule has 3 heterocycles. The van der Waals surface area contributed by atoms with Crippen LogP contribution >= 0.6 is 0 Å². The maximum atomic E-state index is 12.3. The Balaban J connectivity index is 0.000000318. The number of rotatable bonds is 5. The smallest absolute Gasteiger partial charge is 0.475 e. The standard InChI is InChI=1S/C17H22N4O2.C2HF3O2/c22-17(18-10-16-5-2-8-23-16)9-15-12-20(13-3-1-4-13)11-14-6-7-19-21(14)15;3-2(4,5)1(6)7/h2,5-8,13,15H,1,3-4,9-12H2,(H,18,22);(H,6,7). The van der Waals surface area contributed by atoms with Gasteiger partial charge in [0, 0.05) is 25.3 Å². The van der Waals surface area contributed by atoms with Gasteiger partial charge in [0.05, 0.1) is 31.0 Å². The SMILES string of the molecule is O=C(CC1CN(C2CCC2)Cc2ccnn21)NCc1ccco1.O=C(O)C(F)(F)F. The molecule has 1 unspecified atom stereocenters. The molecule has 1 fully saturated rings. The van der Waals surface area contributed by atoms with E-state index in [1.54, 1.807) is 6.26 Å². The van der Waals surface area contributed by atoms with Gasteiger partial charge in [-0.15, -0.1) is 0 Å². The molecule has 1 saturated carbocycles. The Morgan fingerprint density at radius 2 is 2.03 bits per heavy atom. The Morgan fingerprint density at radius 1 is 1.30 bits per heavy atom. The minimum absolute atomic E-state index is 0.0447. The normalized spacial score (nSPS) is 19.2. The van der Waals surface area contributed by atoms with Crippen LogP contribution in [0, 0.1) is 0 Å². The zero-order chi connectivity index (χ0) is 21.7. The van der Waals surface area contributed by atoms with Crippen molar-refractivity contribution in [3.63, 3.8) is 0 Å². The van der Waals surface area contributed by atoms with Crippen LogP contribution in [-0.4, -0.2) is 50.4 Å². The lowest BCUT2D eigenvalue weighted by atomic mass is 9.90. The topological polar surface area (TPSA) is 101 Å². The number of aliphatic carboxylic acids is 1. The molecular formula is C19H23F3N4O4. The third-order valence-electron chi connectivity index (χ3n) is 5.20. The van der Waals surface area contributed by atoms with Crippen LogP contribution in [0.4, 0.5) is 13.2 Å². The van der Waals surface area contributed by atoms with Crippen LogP contribution in [0.2, 0.25) is 0 Å². The molecule has 0 spiro atoms. The van der Waals surface area contributed by atoms with Crippen molar-refractivity contribution >= 4 is 11.9 Å². The van der Waals surface area contributed by atoms with Gasteiger partial charge in [-0.05, 0) is 31.0 Å². The van der Waals surface area contributed by atoms with E-state index in [-0.39, 0.29) is 11.9 Å². The molecule has 2 aliphatic rings. The molecule has 2 aromatic heterocycles. The molecule has 0 aromatic carbocycles. The lowest BCUT2D eigenvalue weighted by Gasteiger charge is -2.42. The summed E-state index contributed by atoms with van der Waals surface area (Å²) in [5.74, 6) is -1.94. The zero-order valence-electron chi connectivity index (χ0n) is 16.1. The first-order valence-electron chi connectivity index (χ1n) is 9.59. The molecule has 164 valence electrons. The van der Waals surface area contributed by atoms with Gasteiger partial charge >= 0.3 is 12.1 Å². The molecule has 1 atom stereocenters. The van der Waals surface area contributed by atoms with E-state index in [1.165, 1.54) is 25.0 Å². The zero-order valence-corrected chi connectivity index (χ0v) is 16.1. The van der Waals surface area contributed by atoms with Crippen LogP contribution < -0.4 is 5.32 Å². The van der Waals surface area contributed by atoms with E-state index in [0.29, 0.717) is 19.0 Å². The first-order valence-corrected chi connectivity index (χ1v) is 9.59.